The van der Waals surface area contributed by atoms with E-state index in [1.165, 1.54) is 12.2 Å². The minimum atomic E-state index is -0.353. The molecule has 0 aromatic carbocycles. The van der Waals surface area contributed by atoms with Crippen LogP contribution in [0.5, 0.6) is 0 Å². The van der Waals surface area contributed by atoms with Crippen LogP contribution in [0.25, 0.3) is 0 Å². The maximum Gasteiger partial charge on any atom is 0.333 e. The number of ether oxygens (including phenoxy) is 4. The van der Waals surface area contributed by atoms with Crippen LogP contribution in [0.3, 0.4) is 0 Å². The summed E-state index contributed by atoms with van der Waals surface area (Å²) in [6, 6.07) is 0. The Morgan fingerprint density at radius 3 is 0.973 bits per heavy atom. The largest absolute Gasteiger partial charge is 0.463 e. The minimum absolute atomic E-state index is 0.342. The van der Waals surface area contributed by atoms with Gasteiger partial charge in [0.2, 0.25) is 0 Å². The lowest BCUT2D eigenvalue weighted by molar-refractivity contribution is -0.140. The van der Waals surface area contributed by atoms with Crippen molar-refractivity contribution >= 4 is 23.9 Å². The molecule has 0 atom stereocenters. The Kier molecular flexibility index (Phi) is 25.2. The summed E-state index contributed by atoms with van der Waals surface area (Å²) in [5.41, 5.74) is 0.836. The molecule has 0 aliphatic heterocycles. The van der Waals surface area contributed by atoms with Crippen molar-refractivity contribution in [1.29, 1.82) is 0 Å². The van der Waals surface area contributed by atoms with Crippen molar-refractivity contribution in [1.82, 2.24) is 0 Å². The summed E-state index contributed by atoms with van der Waals surface area (Å²) in [5, 5.41) is 0. The third-order valence-corrected chi connectivity index (χ3v) is 4.81. The topological polar surface area (TPSA) is 105 Å². The SMILES string of the molecule is C=C(C)C(=O)OCCCCCCOC(=O)C(=C)C.C=CC(=O)OCCCCCCCCCOC(=O)C=C. The fourth-order valence-electron chi connectivity index (χ4n) is 2.69. The summed E-state index contributed by atoms with van der Waals surface area (Å²) in [7, 11) is 0. The summed E-state index contributed by atoms with van der Waals surface area (Å²) in [6.45, 7) is 18.7. The molecule has 0 amide bonds. The lowest BCUT2D eigenvalue weighted by Crippen LogP contribution is -2.07. The molecule has 0 rings (SSSR count). The van der Waals surface area contributed by atoms with Gasteiger partial charge < -0.3 is 18.9 Å². The van der Waals surface area contributed by atoms with E-state index in [0.29, 0.717) is 37.6 Å². The van der Waals surface area contributed by atoms with Crippen molar-refractivity contribution in [2.45, 2.75) is 84.5 Å². The molecule has 0 saturated carbocycles. The van der Waals surface area contributed by atoms with E-state index in [9.17, 15) is 19.2 Å². The molecular weight excluding hydrogens is 476 g/mol. The second kappa shape index (κ2) is 25.9. The highest BCUT2D eigenvalue weighted by Crippen LogP contribution is 2.07. The Balaban J connectivity index is 0. The highest BCUT2D eigenvalue weighted by molar-refractivity contribution is 5.87. The molecule has 37 heavy (non-hydrogen) atoms. The lowest BCUT2D eigenvalue weighted by Gasteiger charge is -2.05. The van der Waals surface area contributed by atoms with Gasteiger partial charge >= 0.3 is 23.9 Å². The number of rotatable bonds is 21. The van der Waals surface area contributed by atoms with Gasteiger partial charge in [0.1, 0.15) is 0 Å². The number of unbranched alkanes of at least 4 members (excludes halogenated alkanes) is 9. The second-order valence-electron chi connectivity index (χ2n) is 8.46. The van der Waals surface area contributed by atoms with Crippen molar-refractivity contribution in [3.8, 4) is 0 Å². The van der Waals surface area contributed by atoms with Crippen molar-refractivity contribution in [2.75, 3.05) is 26.4 Å². The first-order valence-electron chi connectivity index (χ1n) is 12.9. The average molecular weight is 523 g/mol. The molecule has 0 spiro atoms. The summed E-state index contributed by atoms with van der Waals surface area (Å²) in [5.74, 6) is -1.39. The molecule has 210 valence electrons. The molecule has 0 aromatic heterocycles. The average Bonchev–Trinajstić information content (AvgIpc) is 2.88. The van der Waals surface area contributed by atoms with E-state index in [4.69, 9.17) is 18.9 Å². The van der Waals surface area contributed by atoms with Crippen LogP contribution in [-0.4, -0.2) is 50.3 Å². The number of hydrogen-bond donors (Lipinski definition) is 0. The lowest BCUT2D eigenvalue weighted by atomic mass is 10.1. The molecule has 0 aromatic rings. The molecule has 0 bridgehead atoms. The predicted molar refractivity (Wildman–Crippen MR) is 145 cm³/mol. The standard InChI is InChI=1S/C15H24O4.C14H22O4/c1-3-14(16)18-12-10-8-6-5-7-9-11-13-19-15(17)4-2;1-11(2)13(15)17-9-7-5-6-8-10-18-14(16)12(3)4/h3-4H,1-2,5-13H2;1,3,5-10H2,2,4H3. The normalized spacial score (nSPS) is 9.68. The first kappa shape index (κ1) is 36.0. The van der Waals surface area contributed by atoms with Crippen LogP contribution in [-0.2, 0) is 38.1 Å². The Hall–Kier alpha value is -3.16. The van der Waals surface area contributed by atoms with Crippen LogP contribution in [0.1, 0.15) is 84.5 Å². The monoisotopic (exact) mass is 522 g/mol. The first-order chi connectivity index (χ1) is 17.6. The zero-order valence-electron chi connectivity index (χ0n) is 22.9. The molecule has 0 heterocycles. The third kappa shape index (κ3) is 27.3. The smallest absolute Gasteiger partial charge is 0.333 e. The molecular formula is C29H46O8. The number of esters is 4. The minimum Gasteiger partial charge on any atom is -0.463 e. The molecule has 0 unspecified atom stereocenters. The van der Waals surface area contributed by atoms with Crippen LogP contribution in [0, 0.1) is 0 Å². The number of carbonyl (C=O) groups is 4. The van der Waals surface area contributed by atoms with Crippen molar-refractivity contribution in [3.63, 3.8) is 0 Å². The van der Waals surface area contributed by atoms with E-state index in [1.807, 2.05) is 0 Å². The zero-order chi connectivity index (χ0) is 28.3. The van der Waals surface area contributed by atoms with Crippen molar-refractivity contribution in [3.05, 3.63) is 49.6 Å². The molecule has 0 N–H and O–H groups in total. The number of hydrogen-bond acceptors (Lipinski definition) is 8. The quantitative estimate of drug-likeness (QED) is 0.0787. The summed E-state index contributed by atoms with van der Waals surface area (Å²) < 4.78 is 19.6. The fraction of sp³-hybridized carbons (Fsp3) is 0.586. The molecule has 0 saturated heterocycles. The van der Waals surface area contributed by atoms with E-state index in [0.717, 1.165) is 70.6 Å². The summed E-state index contributed by atoms with van der Waals surface area (Å²) in [4.78, 5) is 43.5. The van der Waals surface area contributed by atoms with Crippen LogP contribution in [0.2, 0.25) is 0 Å². The van der Waals surface area contributed by atoms with Crippen molar-refractivity contribution in [2.24, 2.45) is 0 Å². The first-order valence-corrected chi connectivity index (χ1v) is 12.9. The Morgan fingerprint density at radius 2 is 0.730 bits per heavy atom. The maximum absolute atomic E-state index is 11.0. The summed E-state index contributed by atoms with van der Waals surface area (Å²) in [6.07, 6.45) is 13.2. The summed E-state index contributed by atoms with van der Waals surface area (Å²) >= 11 is 0. The zero-order valence-corrected chi connectivity index (χ0v) is 22.9. The Bertz CT molecular complexity index is 663. The molecule has 0 aliphatic rings. The van der Waals surface area contributed by atoms with Gasteiger partial charge in [0.25, 0.3) is 0 Å². The van der Waals surface area contributed by atoms with Gasteiger partial charge in [-0.1, -0.05) is 58.4 Å². The van der Waals surface area contributed by atoms with Crippen LogP contribution in [0.15, 0.2) is 49.6 Å². The van der Waals surface area contributed by atoms with Crippen LogP contribution < -0.4 is 0 Å². The van der Waals surface area contributed by atoms with Crippen LogP contribution >= 0.6 is 0 Å². The Morgan fingerprint density at radius 1 is 0.486 bits per heavy atom. The molecule has 8 heteroatoms. The van der Waals surface area contributed by atoms with Gasteiger partial charge in [-0.3, -0.25) is 0 Å². The van der Waals surface area contributed by atoms with E-state index in [1.54, 1.807) is 13.8 Å². The Labute approximate surface area is 222 Å². The van der Waals surface area contributed by atoms with Gasteiger partial charge in [-0.2, -0.15) is 0 Å². The molecule has 0 fully saturated rings. The van der Waals surface area contributed by atoms with E-state index in [-0.39, 0.29) is 23.9 Å². The van der Waals surface area contributed by atoms with Crippen molar-refractivity contribution < 1.29 is 38.1 Å². The van der Waals surface area contributed by atoms with Gasteiger partial charge in [-0.25, -0.2) is 19.2 Å². The van der Waals surface area contributed by atoms with E-state index in [2.05, 4.69) is 26.3 Å². The maximum atomic E-state index is 11.0. The molecule has 8 nitrogen and oxygen atoms in total. The van der Waals surface area contributed by atoms with Gasteiger partial charge in [-0.05, 0) is 52.4 Å². The highest BCUT2D eigenvalue weighted by atomic mass is 16.5. The third-order valence-electron chi connectivity index (χ3n) is 4.81. The highest BCUT2D eigenvalue weighted by Gasteiger charge is 2.03. The van der Waals surface area contributed by atoms with E-state index < -0.39 is 0 Å². The molecule has 0 radical (unpaired) electrons. The van der Waals surface area contributed by atoms with Crippen LogP contribution in [0.4, 0.5) is 0 Å². The second-order valence-corrected chi connectivity index (χ2v) is 8.46. The van der Waals surface area contributed by atoms with Gasteiger partial charge in [0, 0.05) is 23.3 Å². The van der Waals surface area contributed by atoms with Gasteiger partial charge in [0.15, 0.2) is 0 Å². The van der Waals surface area contributed by atoms with E-state index >= 15 is 0 Å². The number of carbonyl (C=O) groups excluding carboxylic acids is 4. The molecule has 0 aliphatic carbocycles. The van der Waals surface area contributed by atoms with Gasteiger partial charge in [0.05, 0.1) is 26.4 Å². The van der Waals surface area contributed by atoms with Gasteiger partial charge in [-0.15, -0.1) is 0 Å². The predicted octanol–water partition coefficient (Wildman–Crippen LogP) is 5.96. The fourth-order valence-corrected chi connectivity index (χ4v) is 2.69.